The number of aliphatic hydroxyl groups excluding tert-OH is 1. The van der Waals surface area contributed by atoms with Crippen molar-refractivity contribution in [1.29, 1.82) is 0 Å². The lowest BCUT2D eigenvalue weighted by Gasteiger charge is -2.35. The fourth-order valence-corrected chi connectivity index (χ4v) is 3.08. The number of hydrogen-bond acceptors (Lipinski definition) is 3. The number of nitrogen functional groups attached to an aromatic ring is 1. The number of nitrogens with zero attached hydrogens (tertiary/aromatic N) is 1. The van der Waals surface area contributed by atoms with Crippen LogP contribution in [0.2, 0.25) is 10.0 Å². The first-order valence-electron chi connectivity index (χ1n) is 6.71. The van der Waals surface area contributed by atoms with Gasteiger partial charge in [-0.2, -0.15) is 0 Å². The lowest BCUT2D eigenvalue weighted by Crippen LogP contribution is -2.44. The molecule has 1 aliphatic rings. The Morgan fingerprint density at radius 1 is 1.35 bits per heavy atom. The van der Waals surface area contributed by atoms with E-state index in [-0.39, 0.29) is 34.3 Å². The van der Waals surface area contributed by atoms with Crippen LogP contribution in [-0.2, 0) is 0 Å². The van der Waals surface area contributed by atoms with Gasteiger partial charge < -0.3 is 15.7 Å². The lowest BCUT2D eigenvalue weighted by atomic mass is 9.98. The van der Waals surface area contributed by atoms with E-state index in [9.17, 15) is 4.79 Å². The number of piperidine rings is 1. The maximum absolute atomic E-state index is 12.6. The summed E-state index contributed by atoms with van der Waals surface area (Å²) in [6.45, 7) is 0.779. The molecule has 0 aliphatic carbocycles. The van der Waals surface area contributed by atoms with E-state index in [2.05, 4.69) is 0 Å². The molecule has 1 aliphatic heterocycles. The molecule has 0 aromatic heterocycles. The van der Waals surface area contributed by atoms with Gasteiger partial charge >= 0.3 is 0 Å². The molecule has 1 atom stereocenters. The van der Waals surface area contributed by atoms with Crippen LogP contribution in [0.25, 0.3) is 0 Å². The Morgan fingerprint density at radius 3 is 2.60 bits per heavy atom. The third-order valence-corrected chi connectivity index (χ3v) is 4.30. The molecular formula is C14H18Cl2N2O2. The second-order valence-corrected chi connectivity index (χ2v) is 5.83. The molecule has 3 N–H and O–H groups in total. The number of hydrogen-bond donors (Lipinski definition) is 2. The van der Waals surface area contributed by atoms with E-state index in [0.717, 1.165) is 19.3 Å². The number of halogens is 2. The van der Waals surface area contributed by atoms with Gasteiger partial charge in [0, 0.05) is 24.8 Å². The summed E-state index contributed by atoms with van der Waals surface area (Å²) >= 11 is 12.0. The summed E-state index contributed by atoms with van der Waals surface area (Å²) in [6, 6.07) is 3.18. The minimum atomic E-state index is -0.105. The van der Waals surface area contributed by atoms with E-state index in [1.807, 2.05) is 0 Å². The van der Waals surface area contributed by atoms with Crippen LogP contribution >= 0.6 is 23.2 Å². The number of rotatable bonds is 3. The lowest BCUT2D eigenvalue weighted by molar-refractivity contribution is 0.0574. The average molecular weight is 317 g/mol. The minimum absolute atomic E-state index is 0.0800. The topological polar surface area (TPSA) is 66.6 Å². The Labute approximate surface area is 128 Å². The van der Waals surface area contributed by atoms with Crippen molar-refractivity contribution in [3.63, 3.8) is 0 Å². The van der Waals surface area contributed by atoms with Crippen molar-refractivity contribution < 1.29 is 9.90 Å². The summed E-state index contributed by atoms with van der Waals surface area (Å²) in [5, 5.41) is 9.69. The van der Waals surface area contributed by atoms with Gasteiger partial charge in [-0.3, -0.25) is 4.79 Å². The van der Waals surface area contributed by atoms with Crippen LogP contribution in [0, 0.1) is 0 Å². The average Bonchev–Trinajstić information content (AvgIpc) is 2.44. The number of anilines is 1. The molecule has 0 bridgehead atoms. The summed E-state index contributed by atoms with van der Waals surface area (Å²) in [5.41, 5.74) is 6.41. The number of carbonyl (C=O) groups is 1. The Bertz CT molecular complexity index is 483. The molecule has 1 aromatic rings. The van der Waals surface area contributed by atoms with Crippen molar-refractivity contribution in [2.45, 2.75) is 31.7 Å². The molecule has 0 spiro atoms. The molecule has 1 aromatic carbocycles. The Kier molecular flexibility index (Phi) is 5.13. The standard InChI is InChI=1S/C14H18Cl2N2O2/c15-11-7-9(8-12(16)13(11)17)14(20)18-5-2-1-3-10(18)4-6-19/h7-8,10,19H,1-6,17H2. The number of nitrogens with two attached hydrogens (primary N) is 1. The highest BCUT2D eigenvalue weighted by molar-refractivity contribution is 6.39. The highest BCUT2D eigenvalue weighted by Gasteiger charge is 2.27. The zero-order valence-electron chi connectivity index (χ0n) is 11.1. The third kappa shape index (κ3) is 3.19. The Hall–Kier alpha value is -0.970. The van der Waals surface area contributed by atoms with Gasteiger partial charge in [-0.15, -0.1) is 0 Å². The minimum Gasteiger partial charge on any atom is -0.396 e. The summed E-state index contributed by atoms with van der Waals surface area (Å²) in [7, 11) is 0. The number of carbonyl (C=O) groups excluding carboxylic acids is 1. The van der Waals surface area contributed by atoms with Crippen LogP contribution in [0.5, 0.6) is 0 Å². The van der Waals surface area contributed by atoms with Crippen molar-refractivity contribution >= 4 is 34.8 Å². The maximum atomic E-state index is 12.6. The van der Waals surface area contributed by atoms with Crippen molar-refractivity contribution in [2.75, 3.05) is 18.9 Å². The fraction of sp³-hybridized carbons (Fsp3) is 0.500. The molecule has 0 saturated carbocycles. The van der Waals surface area contributed by atoms with Crippen LogP contribution in [-0.4, -0.2) is 35.1 Å². The van der Waals surface area contributed by atoms with E-state index >= 15 is 0 Å². The third-order valence-electron chi connectivity index (χ3n) is 3.68. The molecule has 1 saturated heterocycles. The molecule has 1 amide bonds. The number of amides is 1. The summed E-state index contributed by atoms with van der Waals surface area (Å²) in [5.74, 6) is -0.105. The molecule has 0 radical (unpaired) electrons. The number of likely N-dealkylation sites (tertiary alicyclic amines) is 1. The quantitative estimate of drug-likeness (QED) is 0.842. The van der Waals surface area contributed by atoms with Gasteiger partial charge in [0.25, 0.3) is 5.91 Å². The predicted octanol–water partition coefficient (Wildman–Crippen LogP) is 2.95. The highest BCUT2D eigenvalue weighted by atomic mass is 35.5. The fourth-order valence-electron chi connectivity index (χ4n) is 2.59. The molecule has 20 heavy (non-hydrogen) atoms. The highest BCUT2D eigenvalue weighted by Crippen LogP contribution is 2.30. The molecule has 1 unspecified atom stereocenters. The number of aliphatic hydroxyl groups is 1. The van der Waals surface area contributed by atoms with Gasteiger partial charge in [-0.1, -0.05) is 23.2 Å². The summed E-state index contributed by atoms with van der Waals surface area (Å²) in [4.78, 5) is 14.4. The molecular weight excluding hydrogens is 299 g/mol. The molecule has 2 rings (SSSR count). The van der Waals surface area contributed by atoms with E-state index in [4.69, 9.17) is 34.0 Å². The zero-order valence-corrected chi connectivity index (χ0v) is 12.6. The van der Waals surface area contributed by atoms with Crippen LogP contribution in [0.15, 0.2) is 12.1 Å². The van der Waals surface area contributed by atoms with Gasteiger partial charge in [0.1, 0.15) is 0 Å². The van der Waals surface area contributed by atoms with Crippen LogP contribution in [0.3, 0.4) is 0 Å². The molecule has 6 heteroatoms. The van der Waals surface area contributed by atoms with Gasteiger partial charge in [0.15, 0.2) is 0 Å². The smallest absolute Gasteiger partial charge is 0.254 e. The monoisotopic (exact) mass is 316 g/mol. The molecule has 1 fully saturated rings. The molecule has 1 heterocycles. The van der Waals surface area contributed by atoms with Crippen molar-refractivity contribution in [3.05, 3.63) is 27.7 Å². The van der Waals surface area contributed by atoms with E-state index < -0.39 is 0 Å². The van der Waals surface area contributed by atoms with E-state index in [1.165, 1.54) is 0 Å². The summed E-state index contributed by atoms with van der Waals surface area (Å²) < 4.78 is 0. The summed E-state index contributed by atoms with van der Waals surface area (Å²) in [6.07, 6.45) is 3.58. The predicted molar refractivity (Wildman–Crippen MR) is 81.3 cm³/mol. The van der Waals surface area contributed by atoms with Crippen LogP contribution in [0.4, 0.5) is 5.69 Å². The normalized spacial score (nSPS) is 19.1. The van der Waals surface area contributed by atoms with E-state index in [1.54, 1.807) is 17.0 Å². The molecule has 4 nitrogen and oxygen atoms in total. The van der Waals surface area contributed by atoms with Gasteiger partial charge in [-0.25, -0.2) is 0 Å². The van der Waals surface area contributed by atoms with Gasteiger partial charge in [-0.05, 0) is 37.8 Å². The molecule has 110 valence electrons. The SMILES string of the molecule is Nc1c(Cl)cc(C(=O)N2CCCCC2CCO)cc1Cl. The van der Waals surface area contributed by atoms with Crippen molar-refractivity contribution in [3.8, 4) is 0 Å². The zero-order chi connectivity index (χ0) is 14.7. The maximum Gasteiger partial charge on any atom is 0.254 e. The van der Waals surface area contributed by atoms with Gasteiger partial charge in [0.2, 0.25) is 0 Å². The van der Waals surface area contributed by atoms with Crippen LogP contribution in [0.1, 0.15) is 36.0 Å². The Morgan fingerprint density at radius 2 is 2.00 bits per heavy atom. The van der Waals surface area contributed by atoms with Crippen LogP contribution < -0.4 is 5.73 Å². The first-order valence-corrected chi connectivity index (χ1v) is 7.46. The largest absolute Gasteiger partial charge is 0.396 e. The van der Waals surface area contributed by atoms with E-state index in [0.29, 0.717) is 18.5 Å². The Balaban J connectivity index is 2.25. The number of benzene rings is 1. The first-order chi connectivity index (χ1) is 9.54. The second kappa shape index (κ2) is 6.66. The first kappa shape index (κ1) is 15.4. The van der Waals surface area contributed by atoms with Crippen molar-refractivity contribution in [1.82, 2.24) is 4.90 Å². The second-order valence-electron chi connectivity index (χ2n) is 5.01. The van der Waals surface area contributed by atoms with Crippen molar-refractivity contribution in [2.24, 2.45) is 0 Å². The van der Waals surface area contributed by atoms with Gasteiger partial charge in [0.05, 0.1) is 15.7 Å².